The number of nitrogens with zero attached hydrogens (tertiary/aromatic N) is 2. The number of nitrogens with one attached hydrogen (secondary N) is 3. The molecule has 3 aromatic carbocycles. The summed E-state index contributed by atoms with van der Waals surface area (Å²) < 4.78 is 41.8. The summed E-state index contributed by atoms with van der Waals surface area (Å²) in [4.78, 5) is 9.40. The molecule has 1 fully saturated rings. The average molecular weight is 589 g/mol. The van der Waals surface area contributed by atoms with Crippen LogP contribution in [0.1, 0.15) is 25.7 Å². The topological polar surface area (TPSA) is 96.0 Å². The van der Waals surface area contributed by atoms with Crippen molar-refractivity contribution in [3.63, 3.8) is 0 Å². The number of halogens is 3. The van der Waals surface area contributed by atoms with E-state index in [-0.39, 0.29) is 26.7 Å². The molecule has 0 bridgehead atoms. The van der Waals surface area contributed by atoms with Crippen LogP contribution < -0.4 is 15.4 Å². The standard InChI is InChI=1S/C28H28Cl2FN5O2S/c29-20-12-21(30)14-24(13-20)39(37,38)33-17-19-10-8-18(9-11-19)16-32-28-35-26-7-2-1-6-25(26)27(36-28)34-23-5-3-4-22(31)15-23/h1-7,12-15,18-19,33H,8-11,16-17H2,(H2,32,34,35,36)/t18-,19-. The van der Waals surface area contributed by atoms with Gasteiger partial charge in [-0.2, -0.15) is 4.98 Å². The molecule has 0 amide bonds. The van der Waals surface area contributed by atoms with Crippen LogP contribution in [0.4, 0.5) is 21.8 Å². The zero-order chi connectivity index (χ0) is 27.4. The molecule has 1 aliphatic rings. The molecule has 0 atom stereocenters. The maximum atomic E-state index is 13.7. The maximum Gasteiger partial charge on any atom is 0.240 e. The van der Waals surface area contributed by atoms with E-state index in [2.05, 4.69) is 25.3 Å². The molecule has 204 valence electrons. The summed E-state index contributed by atoms with van der Waals surface area (Å²) in [6.07, 6.45) is 3.75. The zero-order valence-electron chi connectivity index (χ0n) is 21.0. The molecule has 0 spiro atoms. The molecule has 4 aromatic rings. The lowest BCUT2D eigenvalue weighted by Gasteiger charge is -2.28. The summed E-state index contributed by atoms with van der Waals surface area (Å²) >= 11 is 11.9. The van der Waals surface area contributed by atoms with Crippen LogP contribution in [0, 0.1) is 17.7 Å². The molecule has 7 nitrogen and oxygen atoms in total. The number of hydrogen-bond donors (Lipinski definition) is 3. The minimum absolute atomic E-state index is 0.0690. The van der Waals surface area contributed by atoms with E-state index in [4.69, 9.17) is 23.2 Å². The van der Waals surface area contributed by atoms with Gasteiger partial charge in [0.1, 0.15) is 11.6 Å². The smallest absolute Gasteiger partial charge is 0.240 e. The van der Waals surface area contributed by atoms with Crippen molar-refractivity contribution in [2.24, 2.45) is 11.8 Å². The van der Waals surface area contributed by atoms with Crippen molar-refractivity contribution in [2.45, 2.75) is 30.6 Å². The Labute approximate surface area is 237 Å². The highest BCUT2D eigenvalue weighted by Gasteiger charge is 2.24. The Bertz CT molecular complexity index is 1560. The number of rotatable bonds is 9. The highest BCUT2D eigenvalue weighted by atomic mass is 35.5. The van der Waals surface area contributed by atoms with E-state index < -0.39 is 10.0 Å². The summed E-state index contributed by atoms with van der Waals surface area (Å²) in [5.74, 6) is 1.45. The quantitative estimate of drug-likeness (QED) is 0.195. The van der Waals surface area contributed by atoms with Crippen LogP contribution in [0.15, 0.2) is 71.6 Å². The van der Waals surface area contributed by atoms with Crippen LogP contribution in [0.3, 0.4) is 0 Å². The Kier molecular flexibility index (Phi) is 8.52. The third-order valence-electron chi connectivity index (χ3n) is 6.91. The minimum atomic E-state index is -3.69. The van der Waals surface area contributed by atoms with E-state index in [0.717, 1.165) is 36.6 Å². The number of sulfonamides is 1. The summed E-state index contributed by atoms with van der Waals surface area (Å²) in [6, 6.07) is 18.2. The van der Waals surface area contributed by atoms with Gasteiger partial charge < -0.3 is 10.6 Å². The van der Waals surface area contributed by atoms with Crippen molar-refractivity contribution in [1.29, 1.82) is 0 Å². The van der Waals surface area contributed by atoms with Gasteiger partial charge in [-0.3, -0.25) is 0 Å². The number of aromatic nitrogens is 2. The predicted molar refractivity (Wildman–Crippen MR) is 155 cm³/mol. The first-order chi connectivity index (χ1) is 18.7. The molecule has 1 aromatic heterocycles. The van der Waals surface area contributed by atoms with Gasteiger partial charge in [-0.05, 0) is 86.1 Å². The summed E-state index contributed by atoms with van der Waals surface area (Å²) in [7, 11) is -3.69. The van der Waals surface area contributed by atoms with Gasteiger partial charge >= 0.3 is 0 Å². The fraction of sp³-hybridized carbons (Fsp3) is 0.286. The molecule has 39 heavy (non-hydrogen) atoms. The monoisotopic (exact) mass is 587 g/mol. The number of hydrogen-bond acceptors (Lipinski definition) is 6. The molecular formula is C28H28Cl2FN5O2S. The van der Waals surface area contributed by atoms with Crippen molar-refractivity contribution in [3.8, 4) is 0 Å². The second-order valence-corrected chi connectivity index (χ2v) is 12.4. The van der Waals surface area contributed by atoms with E-state index in [1.807, 2.05) is 24.3 Å². The van der Waals surface area contributed by atoms with Crippen LogP contribution >= 0.6 is 23.2 Å². The maximum absolute atomic E-state index is 13.7. The molecular weight excluding hydrogens is 560 g/mol. The molecule has 0 aliphatic heterocycles. The molecule has 0 unspecified atom stereocenters. The van der Waals surface area contributed by atoms with Crippen molar-refractivity contribution in [1.82, 2.24) is 14.7 Å². The molecule has 5 rings (SSSR count). The number of para-hydroxylation sites is 1. The van der Waals surface area contributed by atoms with E-state index in [0.29, 0.717) is 36.5 Å². The fourth-order valence-corrected chi connectivity index (χ4v) is 6.67. The highest BCUT2D eigenvalue weighted by Crippen LogP contribution is 2.30. The Balaban J connectivity index is 1.17. The van der Waals surface area contributed by atoms with Gasteiger partial charge in [-0.25, -0.2) is 22.5 Å². The highest BCUT2D eigenvalue weighted by molar-refractivity contribution is 7.89. The van der Waals surface area contributed by atoms with Gasteiger partial charge in [0.25, 0.3) is 0 Å². The first-order valence-electron chi connectivity index (χ1n) is 12.7. The van der Waals surface area contributed by atoms with Crippen LogP contribution in [0.5, 0.6) is 0 Å². The van der Waals surface area contributed by atoms with E-state index in [9.17, 15) is 12.8 Å². The van der Waals surface area contributed by atoms with Gasteiger partial charge in [-0.1, -0.05) is 41.4 Å². The third kappa shape index (κ3) is 7.16. The summed E-state index contributed by atoms with van der Waals surface area (Å²) in [6.45, 7) is 1.08. The van der Waals surface area contributed by atoms with Crippen LogP contribution in [0.25, 0.3) is 10.9 Å². The first kappa shape index (κ1) is 27.6. The number of fused-ring (bicyclic) bond motifs is 1. The predicted octanol–water partition coefficient (Wildman–Crippen LogP) is 7.02. The first-order valence-corrected chi connectivity index (χ1v) is 15.0. The van der Waals surface area contributed by atoms with Crippen molar-refractivity contribution in [3.05, 3.63) is 82.6 Å². The normalized spacial score (nSPS) is 17.7. The van der Waals surface area contributed by atoms with E-state index in [1.54, 1.807) is 12.1 Å². The summed E-state index contributed by atoms with van der Waals surface area (Å²) in [5, 5.41) is 7.99. The molecule has 1 heterocycles. The van der Waals surface area contributed by atoms with E-state index in [1.165, 1.54) is 30.3 Å². The lowest BCUT2D eigenvalue weighted by Crippen LogP contribution is -2.32. The van der Waals surface area contributed by atoms with Crippen molar-refractivity contribution < 1.29 is 12.8 Å². The molecule has 11 heteroatoms. The minimum Gasteiger partial charge on any atom is -0.354 e. The lowest BCUT2D eigenvalue weighted by atomic mass is 9.82. The van der Waals surface area contributed by atoms with Crippen molar-refractivity contribution >= 4 is 61.6 Å². The number of anilines is 3. The van der Waals surface area contributed by atoms with Crippen LogP contribution in [-0.2, 0) is 10.0 Å². The Morgan fingerprint density at radius 1 is 0.846 bits per heavy atom. The van der Waals surface area contributed by atoms with Gasteiger partial charge in [0.2, 0.25) is 16.0 Å². The zero-order valence-corrected chi connectivity index (χ0v) is 23.3. The Morgan fingerprint density at radius 3 is 2.26 bits per heavy atom. The van der Waals surface area contributed by atoms with E-state index >= 15 is 0 Å². The molecule has 1 saturated carbocycles. The second-order valence-electron chi connectivity index (χ2n) is 9.77. The molecule has 0 saturated heterocycles. The SMILES string of the molecule is O=S(=O)(NC[C@H]1CC[C@H](CNc2nc(Nc3cccc(F)c3)c3ccccc3n2)CC1)c1cc(Cl)cc(Cl)c1. The van der Waals surface area contributed by atoms with Gasteiger partial charge in [0.15, 0.2) is 0 Å². The van der Waals surface area contributed by atoms with Gasteiger partial charge in [-0.15, -0.1) is 0 Å². The van der Waals surface area contributed by atoms with Crippen molar-refractivity contribution in [2.75, 3.05) is 23.7 Å². The van der Waals surface area contributed by atoms with Gasteiger partial charge in [0, 0.05) is 34.2 Å². The van der Waals surface area contributed by atoms with Crippen LogP contribution in [-0.4, -0.2) is 31.5 Å². The number of benzene rings is 3. The fourth-order valence-electron chi connectivity index (χ4n) is 4.82. The Hall–Kier alpha value is -2.98. The van der Waals surface area contributed by atoms with Gasteiger partial charge in [0.05, 0.1) is 10.4 Å². The second kappa shape index (κ2) is 12.0. The average Bonchev–Trinajstić information content (AvgIpc) is 2.91. The lowest BCUT2D eigenvalue weighted by molar-refractivity contribution is 0.284. The Morgan fingerprint density at radius 2 is 1.54 bits per heavy atom. The third-order valence-corrected chi connectivity index (χ3v) is 8.75. The summed E-state index contributed by atoms with van der Waals surface area (Å²) in [5.41, 5.74) is 1.39. The molecule has 1 aliphatic carbocycles. The molecule has 3 N–H and O–H groups in total. The van der Waals surface area contributed by atoms with Crippen LogP contribution in [0.2, 0.25) is 10.0 Å². The molecule has 0 radical (unpaired) electrons. The largest absolute Gasteiger partial charge is 0.354 e.